The summed E-state index contributed by atoms with van der Waals surface area (Å²) < 4.78 is 0. The number of rotatable bonds is 5. The molecule has 0 spiro atoms. The smallest absolute Gasteiger partial charge is 0.319 e. The van der Waals surface area contributed by atoms with Gasteiger partial charge in [-0.25, -0.2) is 4.79 Å². The predicted molar refractivity (Wildman–Crippen MR) is 83.5 cm³/mol. The molecule has 0 aliphatic heterocycles. The van der Waals surface area contributed by atoms with Crippen molar-refractivity contribution in [3.05, 3.63) is 24.3 Å². The highest BCUT2D eigenvalue weighted by Crippen LogP contribution is 2.20. The highest BCUT2D eigenvalue weighted by Gasteiger charge is 2.09. The summed E-state index contributed by atoms with van der Waals surface area (Å²) in [5.74, 6) is -0.166. The van der Waals surface area contributed by atoms with Gasteiger partial charge in [0, 0.05) is 6.04 Å². The number of likely N-dealkylation sites (N-methyl/N-ethyl adjacent to an activating group) is 1. The topological polar surface area (TPSA) is 82.3 Å². The Morgan fingerprint density at radius 1 is 1.10 bits per heavy atom. The van der Waals surface area contributed by atoms with Gasteiger partial charge >= 0.3 is 6.03 Å². The summed E-state index contributed by atoms with van der Waals surface area (Å²) in [4.78, 5) is 23.2. The van der Waals surface area contributed by atoms with Crippen LogP contribution in [0.15, 0.2) is 24.3 Å². The lowest BCUT2D eigenvalue weighted by molar-refractivity contribution is -0.115. The molecule has 0 saturated heterocycles. The third-order valence-corrected chi connectivity index (χ3v) is 2.21. The first-order valence-electron chi connectivity index (χ1n) is 6.14. The van der Waals surface area contributed by atoms with Gasteiger partial charge in [-0.15, -0.1) is 12.4 Å². The van der Waals surface area contributed by atoms with Crippen LogP contribution in [0.4, 0.5) is 16.2 Å². The van der Waals surface area contributed by atoms with Crippen LogP contribution in [0.2, 0.25) is 0 Å². The van der Waals surface area contributed by atoms with Crippen LogP contribution in [0.25, 0.3) is 0 Å². The largest absolute Gasteiger partial charge is 0.336 e. The average Bonchev–Trinajstić information content (AvgIpc) is 2.30. The summed E-state index contributed by atoms with van der Waals surface area (Å²) >= 11 is 0. The molecular formula is C13H21ClN4O2. The fourth-order valence-corrected chi connectivity index (χ4v) is 1.48. The Kier molecular flexibility index (Phi) is 8.35. The molecule has 1 aromatic rings. The molecule has 0 radical (unpaired) electrons. The second-order valence-corrected chi connectivity index (χ2v) is 4.38. The lowest BCUT2D eigenvalue weighted by atomic mass is 10.2. The van der Waals surface area contributed by atoms with Crippen molar-refractivity contribution in [1.82, 2.24) is 10.6 Å². The average molecular weight is 301 g/mol. The molecular weight excluding hydrogens is 280 g/mol. The number of carbonyl (C=O) groups excluding carboxylic acids is 2. The van der Waals surface area contributed by atoms with Crippen molar-refractivity contribution >= 4 is 35.7 Å². The first kappa shape index (κ1) is 18.2. The summed E-state index contributed by atoms with van der Waals surface area (Å²) in [5, 5.41) is 10.9. The zero-order chi connectivity index (χ0) is 14.3. The fraction of sp³-hybridized carbons (Fsp3) is 0.385. The van der Waals surface area contributed by atoms with Gasteiger partial charge in [-0.05, 0) is 33.0 Å². The highest BCUT2D eigenvalue weighted by atomic mass is 35.5. The summed E-state index contributed by atoms with van der Waals surface area (Å²) in [6.07, 6.45) is 0. The van der Waals surface area contributed by atoms with Crippen molar-refractivity contribution in [2.45, 2.75) is 19.9 Å². The molecule has 0 aliphatic rings. The maximum Gasteiger partial charge on any atom is 0.319 e. The minimum atomic E-state index is -0.301. The lowest BCUT2D eigenvalue weighted by Gasteiger charge is -2.14. The van der Waals surface area contributed by atoms with Gasteiger partial charge in [-0.1, -0.05) is 12.1 Å². The molecule has 0 saturated carbocycles. The van der Waals surface area contributed by atoms with E-state index in [2.05, 4.69) is 21.3 Å². The van der Waals surface area contributed by atoms with E-state index in [1.165, 1.54) is 0 Å². The summed E-state index contributed by atoms with van der Waals surface area (Å²) in [7, 11) is 1.69. The quantitative estimate of drug-likeness (QED) is 0.669. The first-order chi connectivity index (χ1) is 9.02. The fourth-order valence-electron chi connectivity index (χ4n) is 1.48. The van der Waals surface area contributed by atoms with Crippen molar-refractivity contribution in [3.8, 4) is 0 Å². The predicted octanol–water partition coefficient (Wildman–Crippen LogP) is 1.80. The van der Waals surface area contributed by atoms with Gasteiger partial charge in [0.05, 0.1) is 17.9 Å². The van der Waals surface area contributed by atoms with Crippen molar-refractivity contribution in [3.63, 3.8) is 0 Å². The molecule has 1 rings (SSSR count). The SMILES string of the molecule is CNCC(=O)Nc1ccccc1NC(=O)NC(C)C.Cl. The molecule has 112 valence electrons. The van der Waals surface area contributed by atoms with Crippen LogP contribution in [0.1, 0.15) is 13.8 Å². The van der Waals surface area contributed by atoms with Crippen molar-refractivity contribution < 1.29 is 9.59 Å². The van der Waals surface area contributed by atoms with E-state index in [0.717, 1.165) is 0 Å². The van der Waals surface area contributed by atoms with Crippen molar-refractivity contribution in [2.24, 2.45) is 0 Å². The molecule has 6 nitrogen and oxygen atoms in total. The molecule has 0 fully saturated rings. The number of halogens is 1. The van der Waals surface area contributed by atoms with Gasteiger partial charge in [0.2, 0.25) is 5.91 Å². The van der Waals surface area contributed by atoms with Gasteiger partial charge in [0.15, 0.2) is 0 Å². The third kappa shape index (κ3) is 6.40. The van der Waals surface area contributed by atoms with Crippen molar-refractivity contribution in [1.29, 1.82) is 0 Å². The third-order valence-electron chi connectivity index (χ3n) is 2.21. The summed E-state index contributed by atoms with van der Waals surface area (Å²) in [6.45, 7) is 3.97. The molecule has 0 aromatic heterocycles. The Morgan fingerprint density at radius 3 is 2.15 bits per heavy atom. The van der Waals surface area contributed by atoms with E-state index in [0.29, 0.717) is 11.4 Å². The number of anilines is 2. The van der Waals surface area contributed by atoms with E-state index in [1.807, 2.05) is 13.8 Å². The maximum absolute atomic E-state index is 11.6. The summed E-state index contributed by atoms with van der Waals surface area (Å²) in [6, 6.07) is 6.79. The van der Waals surface area contributed by atoms with Crippen LogP contribution in [0.5, 0.6) is 0 Å². The molecule has 1 aromatic carbocycles. The number of hydrogen-bond donors (Lipinski definition) is 4. The van der Waals surface area contributed by atoms with Gasteiger partial charge in [0.25, 0.3) is 0 Å². The Bertz CT molecular complexity index is 452. The number of nitrogens with one attached hydrogen (secondary N) is 4. The highest BCUT2D eigenvalue weighted by molar-refractivity contribution is 5.99. The van der Waals surface area contributed by atoms with Crippen LogP contribution < -0.4 is 21.3 Å². The molecule has 0 unspecified atom stereocenters. The number of amides is 3. The number of benzene rings is 1. The monoisotopic (exact) mass is 300 g/mol. The molecule has 0 heterocycles. The second kappa shape index (κ2) is 9.17. The molecule has 0 bridgehead atoms. The molecule has 4 N–H and O–H groups in total. The van der Waals surface area contributed by atoms with E-state index >= 15 is 0 Å². The lowest BCUT2D eigenvalue weighted by Crippen LogP contribution is -2.34. The van der Waals surface area contributed by atoms with E-state index < -0.39 is 0 Å². The molecule has 0 atom stereocenters. The maximum atomic E-state index is 11.6. The minimum absolute atomic E-state index is 0. The Labute approximate surface area is 125 Å². The zero-order valence-electron chi connectivity index (χ0n) is 11.8. The summed E-state index contributed by atoms with van der Waals surface area (Å²) in [5.41, 5.74) is 1.13. The van der Waals surface area contributed by atoms with Gasteiger partial charge in [-0.2, -0.15) is 0 Å². The number of carbonyl (C=O) groups is 2. The van der Waals surface area contributed by atoms with E-state index in [1.54, 1.807) is 31.3 Å². The van der Waals surface area contributed by atoms with Crippen LogP contribution in [0.3, 0.4) is 0 Å². The zero-order valence-corrected chi connectivity index (χ0v) is 12.6. The Hall–Kier alpha value is -1.79. The van der Waals surface area contributed by atoms with Crippen LogP contribution in [-0.2, 0) is 4.79 Å². The molecule has 3 amide bonds. The standard InChI is InChI=1S/C13H20N4O2.ClH/c1-9(2)15-13(19)17-11-7-5-4-6-10(11)16-12(18)8-14-3;/h4-7,9,14H,8H2,1-3H3,(H,16,18)(H2,15,17,19);1H. The van der Waals surface area contributed by atoms with Crippen molar-refractivity contribution in [2.75, 3.05) is 24.2 Å². The van der Waals surface area contributed by atoms with Gasteiger partial charge in [-0.3, -0.25) is 4.79 Å². The number of hydrogen-bond acceptors (Lipinski definition) is 3. The van der Waals surface area contributed by atoms with Crippen LogP contribution in [0, 0.1) is 0 Å². The first-order valence-corrected chi connectivity index (χ1v) is 6.14. The number of para-hydroxylation sites is 2. The Morgan fingerprint density at radius 2 is 1.65 bits per heavy atom. The van der Waals surface area contributed by atoms with E-state index in [9.17, 15) is 9.59 Å². The second-order valence-electron chi connectivity index (χ2n) is 4.38. The van der Waals surface area contributed by atoms with Crippen LogP contribution in [-0.4, -0.2) is 31.6 Å². The molecule has 20 heavy (non-hydrogen) atoms. The van der Waals surface area contributed by atoms with Gasteiger partial charge < -0.3 is 21.3 Å². The normalized spacial score (nSPS) is 9.60. The Balaban J connectivity index is 0.00000361. The van der Waals surface area contributed by atoms with Gasteiger partial charge in [0.1, 0.15) is 0 Å². The minimum Gasteiger partial charge on any atom is -0.336 e. The van der Waals surface area contributed by atoms with E-state index in [-0.39, 0.29) is 36.9 Å². The van der Waals surface area contributed by atoms with Crippen LogP contribution >= 0.6 is 12.4 Å². The molecule has 0 aliphatic carbocycles. The molecule has 7 heteroatoms. The number of urea groups is 1. The van der Waals surface area contributed by atoms with E-state index in [4.69, 9.17) is 0 Å².